The molecular formula is C21H23IN2O4. The van der Waals surface area contributed by atoms with E-state index in [1.165, 1.54) is 0 Å². The molecule has 3 aliphatic carbocycles. The number of halogens is 1. The molecule has 0 aromatic heterocycles. The fourth-order valence-corrected chi connectivity index (χ4v) is 5.29. The lowest BCUT2D eigenvalue weighted by atomic mass is 9.63. The SMILES string of the molecule is CCOc1cc(/C=N\N2C(=O)[C@H]3[C@H](C2=O)[C@H]2C=C[C@H]3CC2)cc(I)c1OCC. The Kier molecular flexibility index (Phi) is 5.44. The summed E-state index contributed by atoms with van der Waals surface area (Å²) in [6.45, 7) is 4.89. The van der Waals surface area contributed by atoms with Gasteiger partial charge in [0.05, 0.1) is 34.8 Å². The summed E-state index contributed by atoms with van der Waals surface area (Å²) >= 11 is 2.19. The minimum absolute atomic E-state index is 0.169. The van der Waals surface area contributed by atoms with Crippen molar-refractivity contribution in [1.29, 1.82) is 0 Å². The normalized spacial score (nSPS) is 28.3. The van der Waals surface area contributed by atoms with E-state index in [4.69, 9.17) is 9.47 Å². The van der Waals surface area contributed by atoms with Gasteiger partial charge in [-0.3, -0.25) is 9.59 Å². The van der Waals surface area contributed by atoms with E-state index in [-0.39, 0.29) is 35.5 Å². The molecule has 5 rings (SSSR count). The zero-order valence-corrected chi connectivity index (χ0v) is 18.1. The van der Waals surface area contributed by atoms with Gasteiger partial charge in [0.2, 0.25) is 0 Å². The van der Waals surface area contributed by atoms with E-state index < -0.39 is 0 Å². The van der Waals surface area contributed by atoms with Crippen molar-refractivity contribution >= 4 is 40.6 Å². The maximum Gasteiger partial charge on any atom is 0.254 e. The molecule has 1 heterocycles. The van der Waals surface area contributed by atoms with Crippen LogP contribution in [0, 0.1) is 27.2 Å². The van der Waals surface area contributed by atoms with Gasteiger partial charge in [0.15, 0.2) is 11.5 Å². The summed E-state index contributed by atoms with van der Waals surface area (Å²) in [5.41, 5.74) is 0.757. The zero-order chi connectivity index (χ0) is 19.8. The van der Waals surface area contributed by atoms with Crippen LogP contribution in [-0.4, -0.2) is 36.3 Å². The van der Waals surface area contributed by atoms with E-state index in [0.717, 1.165) is 27.0 Å². The Bertz CT molecular complexity index is 834. The van der Waals surface area contributed by atoms with E-state index in [9.17, 15) is 9.59 Å². The maximum absolute atomic E-state index is 12.8. The van der Waals surface area contributed by atoms with Crippen molar-refractivity contribution in [3.8, 4) is 11.5 Å². The van der Waals surface area contributed by atoms with Crippen LogP contribution in [0.5, 0.6) is 11.5 Å². The first kappa shape index (κ1) is 19.4. The van der Waals surface area contributed by atoms with Gasteiger partial charge in [-0.2, -0.15) is 10.1 Å². The molecule has 7 heteroatoms. The molecule has 4 aliphatic rings. The average molecular weight is 494 g/mol. The number of ether oxygens (including phenoxy) is 2. The number of imide groups is 1. The second-order valence-corrected chi connectivity index (χ2v) is 8.43. The summed E-state index contributed by atoms with van der Waals surface area (Å²) in [5.74, 6) is 0.842. The number of rotatable bonds is 6. The van der Waals surface area contributed by atoms with Crippen molar-refractivity contribution in [1.82, 2.24) is 5.01 Å². The van der Waals surface area contributed by atoms with E-state index >= 15 is 0 Å². The van der Waals surface area contributed by atoms with Gasteiger partial charge in [-0.25, -0.2) is 0 Å². The number of allylic oxidation sites excluding steroid dienone is 2. The highest BCUT2D eigenvalue weighted by Gasteiger charge is 2.56. The van der Waals surface area contributed by atoms with E-state index in [1.54, 1.807) is 6.21 Å². The minimum atomic E-state index is -0.243. The predicted molar refractivity (Wildman–Crippen MR) is 113 cm³/mol. The second-order valence-electron chi connectivity index (χ2n) is 7.27. The highest BCUT2D eigenvalue weighted by atomic mass is 127. The zero-order valence-electron chi connectivity index (χ0n) is 15.9. The Morgan fingerprint density at radius 2 is 1.68 bits per heavy atom. The molecule has 2 fully saturated rings. The highest BCUT2D eigenvalue weighted by Crippen LogP contribution is 2.49. The molecule has 6 nitrogen and oxygen atoms in total. The smallest absolute Gasteiger partial charge is 0.254 e. The van der Waals surface area contributed by atoms with E-state index in [2.05, 4.69) is 39.8 Å². The first-order chi connectivity index (χ1) is 13.5. The third-order valence-corrected chi connectivity index (χ3v) is 6.48. The Morgan fingerprint density at radius 3 is 2.21 bits per heavy atom. The average Bonchev–Trinajstić information content (AvgIpc) is 2.96. The molecule has 0 N–H and O–H groups in total. The maximum atomic E-state index is 12.8. The number of amides is 2. The molecule has 1 aliphatic heterocycles. The molecule has 28 heavy (non-hydrogen) atoms. The first-order valence-corrected chi connectivity index (χ1v) is 10.8. The Labute approximate surface area is 178 Å². The van der Waals surface area contributed by atoms with Crippen molar-refractivity contribution in [2.75, 3.05) is 13.2 Å². The molecular weight excluding hydrogens is 471 g/mol. The van der Waals surface area contributed by atoms with Crippen molar-refractivity contribution in [3.05, 3.63) is 33.4 Å². The van der Waals surface area contributed by atoms with Crippen LogP contribution in [0.1, 0.15) is 32.3 Å². The lowest BCUT2D eigenvalue weighted by molar-refractivity contribution is -0.140. The number of nitrogens with zero attached hydrogens (tertiary/aromatic N) is 2. The summed E-state index contributed by atoms with van der Waals surface area (Å²) in [6.07, 6.45) is 7.73. The van der Waals surface area contributed by atoms with Crippen LogP contribution >= 0.6 is 22.6 Å². The van der Waals surface area contributed by atoms with Crippen LogP contribution in [0.25, 0.3) is 0 Å². The van der Waals surface area contributed by atoms with Gasteiger partial charge in [0.1, 0.15) is 0 Å². The lowest BCUT2D eigenvalue weighted by Crippen LogP contribution is -2.38. The van der Waals surface area contributed by atoms with Crippen LogP contribution in [0.4, 0.5) is 0 Å². The summed E-state index contributed by atoms with van der Waals surface area (Å²) in [7, 11) is 0. The highest BCUT2D eigenvalue weighted by molar-refractivity contribution is 14.1. The number of hydrazone groups is 1. The fourth-order valence-electron chi connectivity index (χ4n) is 4.51. The molecule has 2 bridgehead atoms. The van der Waals surface area contributed by atoms with Crippen molar-refractivity contribution in [2.24, 2.45) is 28.8 Å². The number of hydrogen-bond acceptors (Lipinski definition) is 5. The molecule has 1 aromatic carbocycles. The predicted octanol–water partition coefficient (Wildman–Crippen LogP) is 3.62. The molecule has 0 unspecified atom stereocenters. The van der Waals surface area contributed by atoms with E-state index in [0.29, 0.717) is 24.7 Å². The summed E-state index contributed by atoms with van der Waals surface area (Å²) in [6, 6.07) is 3.73. The number of fused-ring (bicyclic) bond motifs is 1. The Balaban J connectivity index is 1.59. The molecule has 0 radical (unpaired) electrons. The Morgan fingerprint density at radius 1 is 1.07 bits per heavy atom. The largest absolute Gasteiger partial charge is 0.490 e. The first-order valence-electron chi connectivity index (χ1n) is 9.74. The minimum Gasteiger partial charge on any atom is -0.490 e. The Hall–Kier alpha value is -1.90. The fraction of sp³-hybridized carbons (Fsp3) is 0.476. The van der Waals surface area contributed by atoms with Gasteiger partial charge >= 0.3 is 0 Å². The molecule has 1 saturated carbocycles. The summed E-state index contributed by atoms with van der Waals surface area (Å²) in [5, 5.41) is 5.36. The van der Waals surface area contributed by atoms with Crippen molar-refractivity contribution < 1.29 is 19.1 Å². The van der Waals surface area contributed by atoms with Crippen LogP contribution in [-0.2, 0) is 9.59 Å². The van der Waals surface area contributed by atoms with E-state index in [1.807, 2.05) is 26.0 Å². The summed E-state index contributed by atoms with van der Waals surface area (Å²) in [4.78, 5) is 25.7. The summed E-state index contributed by atoms with van der Waals surface area (Å²) < 4.78 is 12.3. The van der Waals surface area contributed by atoms with Crippen LogP contribution in [0.3, 0.4) is 0 Å². The van der Waals surface area contributed by atoms with Crippen LogP contribution in [0.2, 0.25) is 0 Å². The quantitative estimate of drug-likeness (QED) is 0.262. The van der Waals surface area contributed by atoms with Gasteiger partial charge < -0.3 is 9.47 Å². The van der Waals surface area contributed by atoms with Crippen molar-refractivity contribution in [2.45, 2.75) is 26.7 Å². The third-order valence-electron chi connectivity index (χ3n) is 5.68. The standard InChI is InChI=1S/C21H23IN2O4/c1-3-27-16-10-12(9-15(22)19(16)28-4-2)11-23-24-20(25)17-13-5-6-14(8-7-13)18(17)21(24)26/h5-6,9-11,13-14,17-18H,3-4,7-8H2,1-2H3/b23-11-/t13-,14-,17+,18+/m0/s1. The molecule has 1 saturated heterocycles. The topological polar surface area (TPSA) is 68.2 Å². The second kappa shape index (κ2) is 7.85. The number of hydrogen-bond donors (Lipinski definition) is 0. The van der Waals surface area contributed by atoms with Gasteiger partial charge in [-0.1, -0.05) is 12.2 Å². The number of carbonyl (C=O) groups excluding carboxylic acids is 2. The van der Waals surface area contributed by atoms with Gasteiger partial charge in [0, 0.05) is 0 Å². The van der Waals surface area contributed by atoms with Crippen molar-refractivity contribution in [3.63, 3.8) is 0 Å². The van der Waals surface area contributed by atoms with Gasteiger partial charge in [-0.05, 0) is 78.8 Å². The van der Waals surface area contributed by atoms with Gasteiger partial charge in [-0.15, -0.1) is 0 Å². The third kappa shape index (κ3) is 3.23. The lowest BCUT2D eigenvalue weighted by Gasteiger charge is -2.37. The molecule has 1 aromatic rings. The van der Waals surface area contributed by atoms with Crippen LogP contribution < -0.4 is 9.47 Å². The molecule has 148 valence electrons. The van der Waals surface area contributed by atoms with Gasteiger partial charge in [0.25, 0.3) is 11.8 Å². The molecule has 4 atom stereocenters. The van der Waals surface area contributed by atoms with Crippen LogP contribution in [0.15, 0.2) is 29.4 Å². The monoisotopic (exact) mass is 494 g/mol. The molecule has 2 amide bonds. The molecule has 0 spiro atoms. The number of carbonyl (C=O) groups is 2. The number of benzene rings is 1.